The molecular formula is C11H16O2. The van der Waals surface area contributed by atoms with Gasteiger partial charge in [0.05, 0.1) is 6.26 Å². The summed E-state index contributed by atoms with van der Waals surface area (Å²) in [5, 5.41) is 0. The predicted molar refractivity (Wildman–Crippen MR) is 51.7 cm³/mol. The van der Waals surface area contributed by atoms with Gasteiger partial charge in [-0.1, -0.05) is 20.3 Å². The van der Waals surface area contributed by atoms with Gasteiger partial charge >= 0.3 is 0 Å². The molecule has 0 aliphatic carbocycles. The number of rotatable bonds is 5. The smallest absolute Gasteiger partial charge is 0.201 e. The molecule has 0 radical (unpaired) electrons. The first-order valence-electron chi connectivity index (χ1n) is 4.87. The number of hydrogen-bond acceptors (Lipinski definition) is 2. The molecule has 1 aromatic heterocycles. The Bertz CT molecular complexity index is 249. The predicted octanol–water partition coefficient (Wildman–Crippen LogP) is 3.29. The minimum absolute atomic E-state index is 0.135. The summed E-state index contributed by atoms with van der Waals surface area (Å²) in [7, 11) is 0. The van der Waals surface area contributed by atoms with E-state index < -0.39 is 0 Å². The van der Waals surface area contributed by atoms with Crippen molar-refractivity contribution in [3.05, 3.63) is 24.2 Å². The average Bonchev–Trinajstić information content (AvgIpc) is 2.65. The third-order valence-corrected chi connectivity index (χ3v) is 2.26. The minimum Gasteiger partial charge on any atom is -0.461 e. The van der Waals surface area contributed by atoms with E-state index in [9.17, 15) is 4.79 Å². The van der Waals surface area contributed by atoms with Crippen LogP contribution in [0.3, 0.4) is 0 Å². The third-order valence-electron chi connectivity index (χ3n) is 2.26. The van der Waals surface area contributed by atoms with E-state index in [1.165, 1.54) is 0 Å². The molecule has 0 spiro atoms. The topological polar surface area (TPSA) is 30.2 Å². The lowest BCUT2D eigenvalue weighted by molar-refractivity contribution is 0.0880. The van der Waals surface area contributed by atoms with E-state index in [2.05, 4.69) is 6.92 Å². The summed E-state index contributed by atoms with van der Waals surface area (Å²) < 4.78 is 5.07. The molecule has 1 aromatic rings. The first-order valence-corrected chi connectivity index (χ1v) is 4.87. The SMILES string of the molecule is CCCC(CC)C(=O)c1ccco1. The molecule has 72 valence electrons. The van der Waals surface area contributed by atoms with Crippen LogP contribution in [-0.2, 0) is 0 Å². The number of hydrogen-bond donors (Lipinski definition) is 0. The van der Waals surface area contributed by atoms with Crippen LogP contribution in [-0.4, -0.2) is 5.78 Å². The first kappa shape index (κ1) is 10.0. The summed E-state index contributed by atoms with van der Waals surface area (Å²) in [6.45, 7) is 4.14. The highest BCUT2D eigenvalue weighted by atomic mass is 16.3. The highest BCUT2D eigenvalue weighted by Crippen LogP contribution is 2.17. The molecule has 0 saturated heterocycles. The van der Waals surface area contributed by atoms with Crippen LogP contribution >= 0.6 is 0 Å². The summed E-state index contributed by atoms with van der Waals surface area (Å²) in [5.74, 6) is 0.783. The lowest BCUT2D eigenvalue weighted by Crippen LogP contribution is -2.12. The quantitative estimate of drug-likeness (QED) is 0.651. The Morgan fingerprint density at radius 1 is 1.54 bits per heavy atom. The van der Waals surface area contributed by atoms with Gasteiger partial charge in [0.15, 0.2) is 5.76 Å². The normalized spacial score (nSPS) is 12.8. The molecule has 0 amide bonds. The Kier molecular flexibility index (Phi) is 3.74. The van der Waals surface area contributed by atoms with E-state index in [0.717, 1.165) is 19.3 Å². The molecule has 2 heteroatoms. The van der Waals surface area contributed by atoms with Crippen LogP contribution in [0.2, 0.25) is 0 Å². The summed E-state index contributed by atoms with van der Waals surface area (Å²) >= 11 is 0. The summed E-state index contributed by atoms with van der Waals surface area (Å²) in [5.41, 5.74) is 0. The molecule has 0 N–H and O–H groups in total. The molecule has 0 aliphatic heterocycles. The number of furan rings is 1. The molecule has 0 aromatic carbocycles. The Morgan fingerprint density at radius 2 is 2.31 bits per heavy atom. The highest BCUT2D eigenvalue weighted by molar-refractivity contribution is 5.95. The fraction of sp³-hybridized carbons (Fsp3) is 0.545. The number of Topliss-reactive ketones (excluding diaryl/α,β-unsaturated/α-hetero) is 1. The van der Waals surface area contributed by atoms with E-state index >= 15 is 0 Å². The zero-order valence-electron chi connectivity index (χ0n) is 8.25. The number of carbonyl (C=O) groups is 1. The fourth-order valence-electron chi connectivity index (χ4n) is 1.49. The monoisotopic (exact) mass is 180 g/mol. The third kappa shape index (κ3) is 2.44. The average molecular weight is 180 g/mol. The van der Waals surface area contributed by atoms with Gasteiger partial charge in [0.1, 0.15) is 0 Å². The molecular weight excluding hydrogens is 164 g/mol. The maximum Gasteiger partial charge on any atom is 0.201 e. The molecule has 1 unspecified atom stereocenters. The highest BCUT2D eigenvalue weighted by Gasteiger charge is 2.19. The van der Waals surface area contributed by atoms with Crippen LogP contribution in [0.1, 0.15) is 43.7 Å². The molecule has 2 nitrogen and oxygen atoms in total. The van der Waals surface area contributed by atoms with E-state index in [1.807, 2.05) is 6.92 Å². The van der Waals surface area contributed by atoms with Gasteiger partial charge in [-0.2, -0.15) is 0 Å². The molecule has 0 fully saturated rings. The van der Waals surface area contributed by atoms with Crippen molar-refractivity contribution in [3.63, 3.8) is 0 Å². The Hall–Kier alpha value is -1.05. The van der Waals surface area contributed by atoms with E-state index in [1.54, 1.807) is 18.4 Å². The van der Waals surface area contributed by atoms with Gasteiger partial charge in [0, 0.05) is 5.92 Å². The molecule has 0 aliphatic rings. The van der Waals surface area contributed by atoms with Crippen LogP contribution < -0.4 is 0 Å². The van der Waals surface area contributed by atoms with Crippen molar-refractivity contribution in [3.8, 4) is 0 Å². The van der Waals surface area contributed by atoms with Crippen molar-refractivity contribution in [1.82, 2.24) is 0 Å². The van der Waals surface area contributed by atoms with Gasteiger partial charge in [0.2, 0.25) is 5.78 Å². The lowest BCUT2D eigenvalue weighted by Gasteiger charge is -2.09. The van der Waals surface area contributed by atoms with Crippen LogP contribution in [0, 0.1) is 5.92 Å². The van der Waals surface area contributed by atoms with Gasteiger partial charge in [-0.25, -0.2) is 0 Å². The van der Waals surface area contributed by atoms with Gasteiger partial charge in [-0.05, 0) is 25.0 Å². The summed E-state index contributed by atoms with van der Waals surface area (Å²) in [6, 6.07) is 3.49. The summed E-state index contributed by atoms with van der Waals surface area (Å²) in [6.07, 6.45) is 4.44. The van der Waals surface area contributed by atoms with E-state index in [4.69, 9.17) is 4.42 Å². The van der Waals surface area contributed by atoms with Gasteiger partial charge in [-0.15, -0.1) is 0 Å². The Labute approximate surface area is 78.9 Å². The molecule has 0 saturated carbocycles. The van der Waals surface area contributed by atoms with Crippen molar-refractivity contribution in [2.75, 3.05) is 0 Å². The molecule has 13 heavy (non-hydrogen) atoms. The van der Waals surface area contributed by atoms with E-state index in [0.29, 0.717) is 5.76 Å². The van der Waals surface area contributed by atoms with Crippen LogP contribution in [0.25, 0.3) is 0 Å². The molecule has 0 bridgehead atoms. The standard InChI is InChI=1S/C11H16O2/c1-3-6-9(4-2)11(12)10-7-5-8-13-10/h5,7-9H,3-4,6H2,1-2H3. The van der Waals surface area contributed by atoms with Crippen molar-refractivity contribution >= 4 is 5.78 Å². The molecule has 1 heterocycles. The zero-order valence-corrected chi connectivity index (χ0v) is 8.25. The molecule has 1 rings (SSSR count). The Balaban J connectivity index is 2.65. The van der Waals surface area contributed by atoms with Crippen molar-refractivity contribution in [1.29, 1.82) is 0 Å². The second-order valence-corrected chi connectivity index (χ2v) is 3.24. The summed E-state index contributed by atoms with van der Waals surface area (Å²) in [4.78, 5) is 11.7. The van der Waals surface area contributed by atoms with Crippen LogP contribution in [0.4, 0.5) is 0 Å². The lowest BCUT2D eigenvalue weighted by atomic mass is 9.94. The number of carbonyl (C=O) groups excluding carboxylic acids is 1. The second kappa shape index (κ2) is 4.85. The van der Waals surface area contributed by atoms with E-state index in [-0.39, 0.29) is 11.7 Å². The van der Waals surface area contributed by atoms with Crippen molar-refractivity contribution in [2.24, 2.45) is 5.92 Å². The first-order chi connectivity index (χ1) is 6.29. The number of ketones is 1. The van der Waals surface area contributed by atoms with Gasteiger partial charge in [0.25, 0.3) is 0 Å². The Morgan fingerprint density at radius 3 is 2.77 bits per heavy atom. The second-order valence-electron chi connectivity index (χ2n) is 3.24. The molecule has 1 atom stereocenters. The van der Waals surface area contributed by atoms with Crippen LogP contribution in [0.15, 0.2) is 22.8 Å². The van der Waals surface area contributed by atoms with Crippen molar-refractivity contribution in [2.45, 2.75) is 33.1 Å². The largest absolute Gasteiger partial charge is 0.461 e. The zero-order chi connectivity index (χ0) is 9.68. The van der Waals surface area contributed by atoms with Gasteiger partial charge < -0.3 is 4.42 Å². The van der Waals surface area contributed by atoms with Crippen LogP contribution in [0.5, 0.6) is 0 Å². The van der Waals surface area contributed by atoms with Gasteiger partial charge in [-0.3, -0.25) is 4.79 Å². The van der Waals surface area contributed by atoms with Crippen molar-refractivity contribution < 1.29 is 9.21 Å². The fourth-order valence-corrected chi connectivity index (χ4v) is 1.49. The minimum atomic E-state index is 0.135. The maximum absolute atomic E-state index is 11.7. The maximum atomic E-state index is 11.7.